The number of benzene rings is 1. The molecule has 0 radical (unpaired) electrons. The van der Waals surface area contributed by atoms with Crippen LogP contribution in [0.4, 0.5) is 0 Å². The summed E-state index contributed by atoms with van der Waals surface area (Å²) in [5.74, 6) is -1.11. The second kappa shape index (κ2) is 4.38. The fraction of sp³-hybridized carbons (Fsp3) is 0.417. The quantitative estimate of drug-likeness (QED) is 0.829. The standard InChI is InChI=1S/C12H14N2O4/c1-12(2)14(13-17)9(10(18-12)11(15)16)8-6-4-3-5-7-8/h3-7,9-10H,1-2H3,(H,15,16)/t9-,10+/m0/s1. The molecule has 1 saturated heterocycles. The Kier molecular flexibility index (Phi) is 3.04. The van der Waals surface area contributed by atoms with Gasteiger partial charge < -0.3 is 9.84 Å². The third-order valence-electron chi connectivity index (χ3n) is 2.99. The van der Waals surface area contributed by atoms with E-state index in [4.69, 9.17) is 4.74 Å². The van der Waals surface area contributed by atoms with E-state index in [1.165, 1.54) is 0 Å². The zero-order valence-electron chi connectivity index (χ0n) is 10.1. The Bertz CT molecular complexity index is 460. The molecule has 1 N–H and O–H groups in total. The molecule has 1 heterocycles. The van der Waals surface area contributed by atoms with Crippen molar-refractivity contribution in [3.63, 3.8) is 0 Å². The molecular weight excluding hydrogens is 236 g/mol. The molecule has 0 saturated carbocycles. The van der Waals surface area contributed by atoms with Gasteiger partial charge in [-0.15, -0.1) is 4.91 Å². The molecule has 1 aliphatic heterocycles. The zero-order valence-corrected chi connectivity index (χ0v) is 10.1. The molecule has 0 amide bonds. The molecule has 1 aromatic rings. The normalized spacial score (nSPS) is 26.0. The molecule has 1 fully saturated rings. The van der Waals surface area contributed by atoms with E-state index >= 15 is 0 Å². The molecule has 6 heteroatoms. The van der Waals surface area contributed by atoms with Crippen molar-refractivity contribution in [3.8, 4) is 0 Å². The third kappa shape index (κ3) is 1.95. The van der Waals surface area contributed by atoms with Crippen LogP contribution in [0.2, 0.25) is 0 Å². The van der Waals surface area contributed by atoms with Crippen molar-refractivity contribution in [2.45, 2.75) is 31.7 Å². The third-order valence-corrected chi connectivity index (χ3v) is 2.99. The lowest BCUT2D eigenvalue weighted by atomic mass is 10.0. The highest BCUT2D eigenvalue weighted by molar-refractivity contribution is 5.74. The van der Waals surface area contributed by atoms with E-state index in [0.29, 0.717) is 5.56 Å². The van der Waals surface area contributed by atoms with Crippen LogP contribution in [0.3, 0.4) is 0 Å². The maximum absolute atomic E-state index is 11.2. The number of carboxylic acids is 1. The first-order chi connectivity index (χ1) is 8.47. The summed E-state index contributed by atoms with van der Waals surface area (Å²) in [4.78, 5) is 22.2. The van der Waals surface area contributed by atoms with Crippen molar-refractivity contribution in [2.24, 2.45) is 5.29 Å². The van der Waals surface area contributed by atoms with Crippen LogP contribution < -0.4 is 0 Å². The first-order valence-corrected chi connectivity index (χ1v) is 5.55. The van der Waals surface area contributed by atoms with Crippen molar-refractivity contribution in [1.29, 1.82) is 0 Å². The Morgan fingerprint density at radius 2 is 2.00 bits per heavy atom. The number of rotatable bonds is 3. The number of hydrogen-bond donors (Lipinski definition) is 1. The topological polar surface area (TPSA) is 79.2 Å². The van der Waals surface area contributed by atoms with Gasteiger partial charge in [0.25, 0.3) is 0 Å². The van der Waals surface area contributed by atoms with E-state index in [1.807, 2.05) is 6.07 Å². The molecule has 0 bridgehead atoms. The van der Waals surface area contributed by atoms with Gasteiger partial charge in [-0.2, -0.15) is 0 Å². The number of nitrogens with zero attached hydrogens (tertiary/aromatic N) is 2. The van der Waals surface area contributed by atoms with Gasteiger partial charge in [-0.25, -0.2) is 9.80 Å². The van der Waals surface area contributed by atoms with Crippen LogP contribution in [-0.2, 0) is 9.53 Å². The summed E-state index contributed by atoms with van der Waals surface area (Å²) in [6.07, 6.45) is -1.11. The van der Waals surface area contributed by atoms with Gasteiger partial charge in [0.2, 0.25) is 0 Å². The second-order valence-corrected chi connectivity index (χ2v) is 4.61. The average molecular weight is 250 g/mol. The van der Waals surface area contributed by atoms with Gasteiger partial charge in [0, 0.05) is 0 Å². The summed E-state index contributed by atoms with van der Waals surface area (Å²) in [6.45, 7) is 3.24. The van der Waals surface area contributed by atoms with Crippen LogP contribution in [0.15, 0.2) is 35.6 Å². The molecule has 0 unspecified atom stereocenters. The van der Waals surface area contributed by atoms with Crippen LogP contribution in [-0.4, -0.2) is 27.9 Å². The fourth-order valence-corrected chi connectivity index (χ4v) is 2.19. The Hall–Kier alpha value is -1.95. The van der Waals surface area contributed by atoms with E-state index in [1.54, 1.807) is 38.1 Å². The van der Waals surface area contributed by atoms with Crippen LogP contribution in [0.1, 0.15) is 25.5 Å². The predicted molar refractivity (Wildman–Crippen MR) is 63.4 cm³/mol. The number of nitroso groups, excluding NO2 is 1. The molecule has 18 heavy (non-hydrogen) atoms. The lowest BCUT2D eigenvalue weighted by Gasteiger charge is -2.27. The van der Waals surface area contributed by atoms with Gasteiger partial charge in [0.1, 0.15) is 6.04 Å². The number of carboxylic acid groups (broad SMARTS) is 1. The maximum atomic E-state index is 11.2. The van der Waals surface area contributed by atoms with Crippen LogP contribution in [0.5, 0.6) is 0 Å². The van der Waals surface area contributed by atoms with Crippen molar-refractivity contribution in [2.75, 3.05) is 0 Å². The predicted octanol–water partition coefficient (Wildman–Crippen LogP) is 1.93. The highest BCUT2D eigenvalue weighted by atomic mass is 16.6. The lowest BCUT2D eigenvalue weighted by molar-refractivity contribution is -0.155. The maximum Gasteiger partial charge on any atom is 0.335 e. The molecule has 1 aromatic carbocycles. The Morgan fingerprint density at radius 1 is 1.39 bits per heavy atom. The average Bonchev–Trinajstić information content (AvgIpc) is 2.61. The van der Waals surface area contributed by atoms with Crippen molar-refractivity contribution in [1.82, 2.24) is 5.01 Å². The molecule has 0 aliphatic carbocycles. The molecule has 2 rings (SSSR count). The molecule has 96 valence electrons. The Balaban J connectivity index is 2.46. The Labute approximate surface area is 104 Å². The van der Waals surface area contributed by atoms with E-state index in [-0.39, 0.29) is 0 Å². The van der Waals surface area contributed by atoms with Crippen molar-refractivity contribution in [3.05, 3.63) is 40.8 Å². The summed E-state index contributed by atoms with van der Waals surface area (Å²) in [7, 11) is 0. The number of hydrogen-bond acceptors (Lipinski definition) is 4. The van der Waals surface area contributed by atoms with Gasteiger partial charge in [-0.1, -0.05) is 30.3 Å². The van der Waals surface area contributed by atoms with Crippen LogP contribution in [0, 0.1) is 4.91 Å². The molecule has 1 aliphatic rings. The number of carbonyl (C=O) groups is 1. The summed E-state index contributed by atoms with van der Waals surface area (Å²) in [6, 6.07) is 8.17. The monoisotopic (exact) mass is 250 g/mol. The molecule has 0 aromatic heterocycles. The largest absolute Gasteiger partial charge is 0.479 e. The van der Waals surface area contributed by atoms with E-state index in [9.17, 15) is 14.8 Å². The van der Waals surface area contributed by atoms with Crippen LogP contribution in [0.25, 0.3) is 0 Å². The summed E-state index contributed by atoms with van der Waals surface area (Å²) in [5.41, 5.74) is -0.347. The van der Waals surface area contributed by atoms with Crippen LogP contribution >= 0.6 is 0 Å². The SMILES string of the molecule is CC1(C)O[C@@H](C(=O)O)[C@H](c2ccccc2)N1N=O. The molecular formula is C12H14N2O4. The number of aliphatic carboxylic acids is 1. The molecule has 0 spiro atoms. The van der Waals surface area contributed by atoms with E-state index in [0.717, 1.165) is 5.01 Å². The van der Waals surface area contributed by atoms with Gasteiger partial charge in [-0.3, -0.25) is 0 Å². The molecule has 6 nitrogen and oxygen atoms in total. The summed E-state index contributed by atoms with van der Waals surface area (Å²) < 4.78 is 5.41. The van der Waals surface area contributed by atoms with Gasteiger partial charge >= 0.3 is 5.97 Å². The van der Waals surface area contributed by atoms with Crippen molar-refractivity contribution >= 4 is 5.97 Å². The van der Waals surface area contributed by atoms with Gasteiger partial charge in [-0.05, 0) is 19.4 Å². The Morgan fingerprint density at radius 3 is 2.50 bits per heavy atom. The van der Waals surface area contributed by atoms with Crippen molar-refractivity contribution < 1.29 is 14.6 Å². The van der Waals surface area contributed by atoms with E-state index < -0.39 is 23.8 Å². The highest BCUT2D eigenvalue weighted by Gasteiger charge is 2.52. The minimum Gasteiger partial charge on any atom is -0.479 e. The van der Waals surface area contributed by atoms with Gasteiger partial charge in [0.05, 0.1) is 5.29 Å². The molecule has 2 atom stereocenters. The van der Waals surface area contributed by atoms with Gasteiger partial charge in [0.15, 0.2) is 11.8 Å². The zero-order chi connectivity index (χ0) is 13.3. The minimum absolute atomic E-state index is 0.690. The minimum atomic E-state index is -1.11. The van der Waals surface area contributed by atoms with E-state index in [2.05, 4.69) is 5.29 Å². The smallest absolute Gasteiger partial charge is 0.335 e. The summed E-state index contributed by atoms with van der Waals surface area (Å²) in [5, 5.41) is 13.3. The second-order valence-electron chi connectivity index (χ2n) is 4.61. The lowest BCUT2D eigenvalue weighted by Crippen LogP contribution is -2.36. The number of ether oxygens (including phenoxy) is 1. The first-order valence-electron chi connectivity index (χ1n) is 5.55. The first kappa shape index (κ1) is 12.5. The fourth-order valence-electron chi connectivity index (χ4n) is 2.19. The summed E-state index contributed by atoms with van der Waals surface area (Å²) >= 11 is 0. The highest BCUT2D eigenvalue weighted by Crippen LogP contribution is 2.41.